The summed E-state index contributed by atoms with van der Waals surface area (Å²) in [7, 11) is 11.5. The Morgan fingerprint density at radius 2 is 0.737 bits per heavy atom. The number of aliphatic hydroxyl groups is 1. The number of ether oxygens (including phenoxy) is 12. The van der Waals surface area contributed by atoms with E-state index in [4.69, 9.17) is 56.8 Å². The summed E-state index contributed by atoms with van der Waals surface area (Å²) in [6, 6.07) is 17.9. The summed E-state index contributed by atoms with van der Waals surface area (Å²) in [6.07, 6.45) is -1.59. The molecule has 306 valence electrons. The van der Waals surface area contributed by atoms with Crippen molar-refractivity contribution in [1.82, 2.24) is 0 Å². The van der Waals surface area contributed by atoms with E-state index in [-0.39, 0.29) is 39.5 Å². The molecule has 16 heteroatoms. The highest BCUT2D eigenvalue weighted by Crippen LogP contribution is 2.34. The lowest BCUT2D eigenvalue weighted by molar-refractivity contribution is -0.154. The molecule has 0 bridgehead atoms. The minimum atomic E-state index is -1.64. The second-order valence-electron chi connectivity index (χ2n) is 12.2. The minimum Gasteiger partial charge on any atom is -0.493 e. The van der Waals surface area contributed by atoms with Gasteiger partial charge < -0.3 is 61.9 Å². The number of hydrogen-bond donors (Lipinski definition) is 1. The zero-order chi connectivity index (χ0) is 41.5. The predicted molar refractivity (Wildman–Crippen MR) is 202 cm³/mol. The molecule has 0 fully saturated rings. The van der Waals surface area contributed by atoms with Crippen LogP contribution in [0.4, 0.5) is 0 Å². The van der Waals surface area contributed by atoms with Crippen LogP contribution in [0, 0.1) is 5.41 Å². The maximum atomic E-state index is 13.5. The first-order chi connectivity index (χ1) is 27.5. The molecule has 4 aromatic carbocycles. The smallest absolute Gasteiger partial charge is 0.338 e. The van der Waals surface area contributed by atoms with Gasteiger partial charge in [0.15, 0.2) is 52.3 Å². The average Bonchev–Trinajstić information content (AvgIpc) is 3.26. The van der Waals surface area contributed by atoms with E-state index in [1.807, 2.05) is 0 Å². The summed E-state index contributed by atoms with van der Waals surface area (Å²) in [5, 5.41) is 11.2. The van der Waals surface area contributed by atoms with Crippen molar-refractivity contribution in [2.45, 2.75) is 6.29 Å². The molecule has 57 heavy (non-hydrogen) atoms. The van der Waals surface area contributed by atoms with Crippen molar-refractivity contribution in [1.29, 1.82) is 0 Å². The van der Waals surface area contributed by atoms with E-state index in [1.165, 1.54) is 118 Å². The van der Waals surface area contributed by atoms with Gasteiger partial charge in [-0.3, -0.25) is 0 Å². The Morgan fingerprint density at radius 1 is 0.439 bits per heavy atom. The Balaban J connectivity index is 1.72. The van der Waals surface area contributed by atoms with Crippen molar-refractivity contribution < 1.29 is 76.3 Å². The van der Waals surface area contributed by atoms with Crippen LogP contribution < -0.4 is 37.9 Å². The fraction of sp³-hybridized carbons (Fsp3) is 0.341. The molecule has 0 aliphatic rings. The second-order valence-corrected chi connectivity index (χ2v) is 12.2. The maximum Gasteiger partial charge on any atom is 0.338 e. The van der Waals surface area contributed by atoms with E-state index < -0.39 is 56.0 Å². The molecule has 1 atom stereocenters. The van der Waals surface area contributed by atoms with Crippen LogP contribution >= 0.6 is 0 Å². The van der Waals surface area contributed by atoms with Crippen molar-refractivity contribution in [3.05, 3.63) is 95.1 Å². The normalized spacial score (nSPS) is 11.4. The number of hydrogen-bond acceptors (Lipinski definition) is 16. The Labute approximate surface area is 329 Å². The van der Waals surface area contributed by atoms with Crippen LogP contribution in [-0.2, 0) is 18.9 Å². The molecule has 0 saturated heterocycles. The van der Waals surface area contributed by atoms with Crippen molar-refractivity contribution in [3.63, 3.8) is 0 Å². The lowest BCUT2D eigenvalue weighted by Crippen LogP contribution is -2.43. The molecule has 0 spiro atoms. The minimum absolute atomic E-state index is 0.0949. The van der Waals surface area contributed by atoms with Crippen LogP contribution in [0.3, 0.4) is 0 Å². The monoisotopic (exact) mass is 794 g/mol. The molecule has 0 aliphatic heterocycles. The number of aliphatic hydroxyl groups excluding tert-OH is 1. The lowest BCUT2D eigenvalue weighted by atomic mass is 9.92. The summed E-state index contributed by atoms with van der Waals surface area (Å²) < 4.78 is 65.9. The van der Waals surface area contributed by atoms with Crippen LogP contribution in [0.25, 0.3) is 0 Å². The number of benzene rings is 4. The molecule has 0 amide bonds. The first kappa shape index (κ1) is 43.3. The van der Waals surface area contributed by atoms with E-state index in [0.29, 0.717) is 28.7 Å². The summed E-state index contributed by atoms with van der Waals surface area (Å²) in [5.41, 5.74) is -1.08. The van der Waals surface area contributed by atoms with Crippen molar-refractivity contribution in [2.24, 2.45) is 5.41 Å². The molecular formula is C41H46O16. The van der Waals surface area contributed by atoms with Crippen LogP contribution in [0.5, 0.6) is 46.0 Å². The molecule has 0 radical (unpaired) electrons. The average molecular weight is 795 g/mol. The molecule has 0 heterocycles. The van der Waals surface area contributed by atoms with Gasteiger partial charge in [0, 0.05) is 5.56 Å². The number of methoxy groups -OCH3 is 8. The first-order valence-corrected chi connectivity index (χ1v) is 17.2. The molecule has 16 nitrogen and oxygen atoms in total. The van der Waals surface area contributed by atoms with Gasteiger partial charge in [-0.05, 0) is 66.7 Å². The second kappa shape index (κ2) is 20.5. The number of esters is 3. The molecule has 4 rings (SSSR count). The van der Waals surface area contributed by atoms with Gasteiger partial charge in [-0.25, -0.2) is 14.4 Å². The van der Waals surface area contributed by atoms with Crippen molar-refractivity contribution in [3.8, 4) is 46.0 Å². The van der Waals surface area contributed by atoms with Crippen LogP contribution in [0.2, 0.25) is 0 Å². The van der Waals surface area contributed by atoms with E-state index >= 15 is 0 Å². The molecule has 0 saturated carbocycles. The van der Waals surface area contributed by atoms with Crippen LogP contribution in [0.1, 0.15) is 42.9 Å². The fourth-order valence-electron chi connectivity index (χ4n) is 5.40. The van der Waals surface area contributed by atoms with Crippen LogP contribution in [-0.4, -0.2) is 106 Å². The molecule has 0 aliphatic carbocycles. The topological polar surface area (TPSA) is 182 Å². The van der Waals surface area contributed by atoms with E-state index in [1.54, 1.807) is 12.1 Å². The third-order valence-electron chi connectivity index (χ3n) is 8.63. The van der Waals surface area contributed by atoms with Gasteiger partial charge in [-0.2, -0.15) is 0 Å². The predicted octanol–water partition coefficient (Wildman–Crippen LogP) is 5.32. The zero-order valence-electron chi connectivity index (χ0n) is 32.9. The summed E-state index contributed by atoms with van der Waals surface area (Å²) >= 11 is 0. The lowest BCUT2D eigenvalue weighted by Gasteiger charge is -2.33. The zero-order valence-corrected chi connectivity index (χ0v) is 32.9. The Kier molecular flexibility index (Phi) is 15.6. The largest absolute Gasteiger partial charge is 0.493 e. The fourth-order valence-corrected chi connectivity index (χ4v) is 5.40. The van der Waals surface area contributed by atoms with Gasteiger partial charge in [0.2, 0.25) is 0 Å². The Morgan fingerprint density at radius 3 is 1.05 bits per heavy atom. The third-order valence-corrected chi connectivity index (χ3v) is 8.63. The van der Waals surface area contributed by atoms with E-state index in [9.17, 15) is 19.5 Å². The van der Waals surface area contributed by atoms with E-state index in [2.05, 4.69) is 0 Å². The molecule has 1 N–H and O–H groups in total. The molecular weight excluding hydrogens is 748 g/mol. The highest BCUT2D eigenvalue weighted by molar-refractivity contribution is 5.91. The summed E-state index contributed by atoms with van der Waals surface area (Å²) in [5.74, 6) is 0.260. The third kappa shape index (κ3) is 10.9. The maximum absolute atomic E-state index is 13.5. The van der Waals surface area contributed by atoms with Gasteiger partial charge in [0.25, 0.3) is 0 Å². The molecule has 4 aromatic rings. The van der Waals surface area contributed by atoms with Crippen molar-refractivity contribution >= 4 is 17.9 Å². The highest BCUT2D eigenvalue weighted by atomic mass is 16.6. The molecule has 0 aromatic heterocycles. The number of rotatable bonds is 21. The van der Waals surface area contributed by atoms with Gasteiger partial charge in [0.05, 0.1) is 85.6 Å². The SMILES string of the molecule is COc1ccc(C(=O)OCC(COC(=O)c2ccc(OC)c(OC)c2)(COC(=O)c2ccc(OC)c(OC)c2)COC(O)c2ccc(OC)c(OC)c2)cc1OC. The first-order valence-electron chi connectivity index (χ1n) is 17.2. The Bertz CT molecular complexity index is 1820. The van der Waals surface area contributed by atoms with Gasteiger partial charge in [-0.1, -0.05) is 6.07 Å². The Hall–Kier alpha value is -6.39. The summed E-state index contributed by atoms with van der Waals surface area (Å²) in [6.45, 7) is -2.12. The molecule has 1 unspecified atom stereocenters. The number of carbonyl (C=O) groups excluding carboxylic acids is 3. The van der Waals surface area contributed by atoms with Crippen LogP contribution in [0.15, 0.2) is 72.8 Å². The van der Waals surface area contributed by atoms with Crippen molar-refractivity contribution in [2.75, 3.05) is 83.3 Å². The summed E-state index contributed by atoms with van der Waals surface area (Å²) in [4.78, 5) is 40.6. The van der Waals surface area contributed by atoms with Gasteiger partial charge in [-0.15, -0.1) is 0 Å². The van der Waals surface area contributed by atoms with Gasteiger partial charge in [0.1, 0.15) is 19.8 Å². The van der Waals surface area contributed by atoms with Gasteiger partial charge >= 0.3 is 17.9 Å². The number of carbonyl (C=O) groups is 3. The van der Waals surface area contributed by atoms with E-state index in [0.717, 1.165) is 0 Å². The highest BCUT2D eigenvalue weighted by Gasteiger charge is 2.38. The quantitative estimate of drug-likeness (QED) is 0.0649. The standard InChI is InChI=1S/C41H46O16/c1-46-29-13-9-25(17-33(29)50-5)37(42)54-21-41(22-55-38(43)26-10-14-30(47-2)34(18-26)51-6,23-56-39(44)27-11-15-31(48-3)35(19-27)52-7)24-57-40(45)28-12-16-32(49-4)36(20-28)53-8/h9-20,37,42H,21-24H2,1-8H3.